The third-order valence-corrected chi connectivity index (χ3v) is 6.05. The van der Waals surface area contributed by atoms with Gasteiger partial charge < -0.3 is 15.8 Å². The van der Waals surface area contributed by atoms with Crippen LogP contribution in [-0.4, -0.2) is 30.0 Å². The summed E-state index contributed by atoms with van der Waals surface area (Å²) in [6.45, 7) is 1.95. The van der Waals surface area contributed by atoms with Crippen molar-refractivity contribution in [2.45, 2.75) is 44.1 Å². The number of nitrogens with two attached hydrogens (primary N) is 1. The Bertz CT molecular complexity index is 864. The van der Waals surface area contributed by atoms with Crippen molar-refractivity contribution >= 4 is 12.6 Å². The molecule has 0 saturated carbocycles. The molecular weight excluding hydrogens is 404 g/mol. The Morgan fingerprint density at radius 3 is 2.77 bits per heavy atom. The molecule has 1 aliphatic heterocycles. The maximum atomic E-state index is 14.7. The van der Waals surface area contributed by atoms with Gasteiger partial charge >= 0.3 is 0 Å². The van der Waals surface area contributed by atoms with E-state index in [1.165, 1.54) is 11.1 Å². The maximum absolute atomic E-state index is 14.7. The Balaban J connectivity index is 0.00000124. The number of hydrogen-bond acceptors (Lipinski definition) is 5. The Hall–Kier alpha value is -2.05. The average Bonchev–Trinajstić information content (AvgIpc) is 3.18. The lowest BCUT2D eigenvalue weighted by Crippen LogP contribution is -2.57. The highest BCUT2D eigenvalue weighted by molar-refractivity contribution is 7.80. The quantitative estimate of drug-likeness (QED) is 0.379. The Morgan fingerprint density at radius 1 is 1.30 bits per heavy atom. The van der Waals surface area contributed by atoms with Crippen LogP contribution in [0.4, 0.5) is 8.78 Å². The Labute approximate surface area is 182 Å². The number of rotatable bonds is 4. The van der Waals surface area contributed by atoms with Crippen molar-refractivity contribution in [1.29, 1.82) is 0 Å². The number of nitrogens with zero attached hydrogens (tertiary/aromatic N) is 1. The monoisotopic (exact) mass is 433 g/mol. The molecule has 3 aliphatic rings. The molecule has 5 atom stereocenters. The first-order chi connectivity index (χ1) is 14.5. The second-order valence-corrected chi connectivity index (χ2v) is 8.15. The van der Waals surface area contributed by atoms with E-state index in [4.69, 9.17) is 10.5 Å². The molecule has 1 heterocycles. The number of ether oxygens (including phenoxy) is 1. The van der Waals surface area contributed by atoms with Gasteiger partial charge in [-0.05, 0) is 42.4 Å². The zero-order valence-corrected chi connectivity index (χ0v) is 18.2. The van der Waals surface area contributed by atoms with Crippen LogP contribution in [0.15, 0.2) is 66.0 Å². The minimum Gasteiger partial charge on any atom is -0.463 e. The Kier molecular flexibility index (Phi) is 7.78. The van der Waals surface area contributed by atoms with Gasteiger partial charge in [-0.15, -0.1) is 12.6 Å². The summed E-state index contributed by atoms with van der Waals surface area (Å²) in [5.74, 6) is -0.113. The third kappa shape index (κ3) is 4.81. The molecular formula is C23H29F2N3OS. The van der Waals surface area contributed by atoms with Gasteiger partial charge in [0.2, 0.25) is 6.35 Å². The summed E-state index contributed by atoms with van der Waals surface area (Å²) in [7, 11) is 0.500. The minimum absolute atomic E-state index is 0.0968. The van der Waals surface area contributed by atoms with Gasteiger partial charge in [-0.25, -0.2) is 9.29 Å². The molecule has 0 fully saturated rings. The van der Waals surface area contributed by atoms with Crippen LogP contribution < -0.4 is 11.1 Å². The topological polar surface area (TPSA) is 50.5 Å². The van der Waals surface area contributed by atoms with Crippen LogP contribution >= 0.6 is 12.6 Å². The molecule has 0 amide bonds. The van der Waals surface area contributed by atoms with Gasteiger partial charge in [-0.3, -0.25) is 4.39 Å². The average molecular weight is 434 g/mol. The van der Waals surface area contributed by atoms with E-state index in [0.717, 1.165) is 25.0 Å². The van der Waals surface area contributed by atoms with Gasteiger partial charge in [0.05, 0.1) is 18.9 Å². The lowest BCUT2D eigenvalue weighted by molar-refractivity contribution is -0.0448. The molecule has 30 heavy (non-hydrogen) atoms. The van der Waals surface area contributed by atoms with Gasteiger partial charge in [-0.1, -0.05) is 49.1 Å². The molecule has 4 rings (SSSR count). The minimum atomic E-state index is -0.691. The van der Waals surface area contributed by atoms with Crippen LogP contribution in [0.3, 0.4) is 0 Å². The largest absolute Gasteiger partial charge is 0.463 e. The van der Waals surface area contributed by atoms with Gasteiger partial charge in [0.25, 0.3) is 0 Å². The van der Waals surface area contributed by atoms with Crippen LogP contribution in [-0.2, 0) is 17.6 Å². The zero-order chi connectivity index (χ0) is 21.7. The van der Waals surface area contributed by atoms with Gasteiger partial charge in [0.15, 0.2) is 5.83 Å². The summed E-state index contributed by atoms with van der Waals surface area (Å²) in [4.78, 5) is 1.72. The van der Waals surface area contributed by atoms with Gasteiger partial charge in [0.1, 0.15) is 11.8 Å². The molecule has 3 N–H and O–H groups in total. The molecule has 7 heteroatoms. The first kappa shape index (κ1) is 22.6. The molecule has 0 saturated heterocycles. The van der Waals surface area contributed by atoms with E-state index in [1.807, 2.05) is 13.0 Å². The second-order valence-electron chi connectivity index (χ2n) is 7.62. The number of aryl methyl sites for hydroxylation is 1. The Morgan fingerprint density at radius 2 is 2.03 bits per heavy atom. The van der Waals surface area contributed by atoms with Gasteiger partial charge in [0, 0.05) is 5.92 Å². The van der Waals surface area contributed by atoms with Crippen molar-refractivity contribution in [3.63, 3.8) is 0 Å². The van der Waals surface area contributed by atoms with Crippen LogP contribution in [0, 0.1) is 11.8 Å². The predicted octanol–water partition coefficient (Wildman–Crippen LogP) is 4.18. The van der Waals surface area contributed by atoms with Crippen molar-refractivity contribution in [1.82, 2.24) is 10.2 Å². The molecule has 162 valence electrons. The van der Waals surface area contributed by atoms with E-state index >= 15 is 0 Å². The summed E-state index contributed by atoms with van der Waals surface area (Å²) in [6.07, 6.45) is 9.60. The summed E-state index contributed by atoms with van der Waals surface area (Å²) in [6, 6.07) is 7.97. The first-order valence-electron chi connectivity index (χ1n) is 10.1. The van der Waals surface area contributed by atoms with E-state index < -0.39 is 17.9 Å². The number of benzene rings is 1. The van der Waals surface area contributed by atoms with Gasteiger partial charge in [-0.2, -0.15) is 0 Å². The standard InChI is InChI=1S/C22H26FN3OS.CH3F/c1-14-6-2-5-9-18(23)20(14)26(21(24)28)22-25-19(13-27-22)17-11-10-15-7-3-4-8-16(15)12-17;1-2/h2-8,13-14,17,20-22,25,28H,10-12,24H2,1H3;1H3/t14-,17?,20?,21?,22?;/m1./s1. The molecule has 2 aliphatic carbocycles. The molecule has 4 unspecified atom stereocenters. The molecule has 0 radical (unpaired) electrons. The zero-order valence-electron chi connectivity index (χ0n) is 17.3. The third-order valence-electron chi connectivity index (χ3n) is 5.79. The van der Waals surface area contributed by atoms with E-state index in [9.17, 15) is 8.78 Å². The van der Waals surface area contributed by atoms with Crippen molar-refractivity contribution < 1.29 is 13.5 Å². The van der Waals surface area contributed by atoms with Crippen molar-refractivity contribution in [3.8, 4) is 0 Å². The fraction of sp³-hybridized carbons (Fsp3) is 0.435. The summed E-state index contributed by atoms with van der Waals surface area (Å²) < 4.78 is 30.1. The molecule has 1 aromatic rings. The van der Waals surface area contributed by atoms with Crippen LogP contribution in [0.1, 0.15) is 24.5 Å². The fourth-order valence-corrected chi connectivity index (χ4v) is 4.57. The maximum Gasteiger partial charge on any atom is 0.231 e. The SMILES string of the molecule is CF.C[C@@H]1C=CC=C=C(F)C1N(C(N)S)C1NC(C2CCc3ccccc3C2)=CO1. The van der Waals surface area contributed by atoms with E-state index in [2.05, 4.69) is 47.9 Å². The second kappa shape index (κ2) is 10.3. The molecule has 0 aromatic heterocycles. The normalized spacial score (nSPS) is 28.2. The molecule has 1 aromatic carbocycles. The molecule has 0 bridgehead atoms. The van der Waals surface area contributed by atoms with Crippen LogP contribution in [0.5, 0.6) is 0 Å². The van der Waals surface area contributed by atoms with Crippen molar-refractivity contribution in [2.75, 3.05) is 7.18 Å². The van der Waals surface area contributed by atoms with E-state index in [0.29, 0.717) is 13.1 Å². The molecule has 4 nitrogen and oxygen atoms in total. The van der Waals surface area contributed by atoms with E-state index in [-0.39, 0.29) is 11.7 Å². The number of allylic oxidation sites excluding steroid dienone is 2. The summed E-state index contributed by atoms with van der Waals surface area (Å²) in [5.41, 5.74) is 11.9. The van der Waals surface area contributed by atoms with E-state index in [1.54, 1.807) is 23.3 Å². The first-order valence-corrected chi connectivity index (χ1v) is 10.6. The fourth-order valence-electron chi connectivity index (χ4n) is 4.30. The highest BCUT2D eigenvalue weighted by Crippen LogP contribution is 2.33. The number of nitrogens with one attached hydrogen (secondary N) is 1. The number of fused-ring (bicyclic) bond motifs is 1. The van der Waals surface area contributed by atoms with Crippen molar-refractivity contribution in [3.05, 3.63) is 77.1 Å². The lowest BCUT2D eigenvalue weighted by atomic mass is 9.82. The number of hydrogen-bond donors (Lipinski definition) is 3. The van der Waals surface area contributed by atoms with Crippen LogP contribution in [0.25, 0.3) is 0 Å². The summed E-state index contributed by atoms with van der Waals surface area (Å²) in [5, 5.41) is 3.43. The summed E-state index contributed by atoms with van der Waals surface area (Å²) >= 11 is 4.41. The molecule has 0 spiro atoms. The number of thiol groups is 1. The lowest BCUT2D eigenvalue weighted by Gasteiger charge is -2.38. The highest BCUT2D eigenvalue weighted by atomic mass is 32.1. The van der Waals surface area contributed by atoms with Crippen LogP contribution in [0.2, 0.25) is 0 Å². The predicted molar refractivity (Wildman–Crippen MR) is 119 cm³/mol. The van der Waals surface area contributed by atoms with Crippen molar-refractivity contribution in [2.24, 2.45) is 17.6 Å². The highest BCUT2D eigenvalue weighted by Gasteiger charge is 2.39. The number of alkyl halides is 1. The number of halogens is 2. The smallest absolute Gasteiger partial charge is 0.231 e.